The average Bonchev–Trinajstić information content (AvgIpc) is 1.98. The fourth-order valence-electron chi connectivity index (χ4n) is 0.657. The molecule has 6 heteroatoms. The van der Waals surface area contributed by atoms with Crippen molar-refractivity contribution in [1.29, 1.82) is 0 Å². The number of rotatable bonds is 5. The zero-order valence-corrected chi connectivity index (χ0v) is 7.50. The molecule has 0 aliphatic carbocycles. The Morgan fingerprint density at radius 3 is 2.17 bits per heavy atom. The van der Waals surface area contributed by atoms with E-state index in [9.17, 15) is 9.59 Å². The van der Waals surface area contributed by atoms with Crippen molar-refractivity contribution < 1.29 is 25.5 Å². The Bertz CT molecular complexity index is 184. The topological polar surface area (TPSA) is 102 Å². The molecule has 0 heterocycles. The van der Waals surface area contributed by atoms with E-state index in [2.05, 4.69) is 5.73 Å². The second kappa shape index (κ2) is 5.00. The highest BCUT2D eigenvalue weighted by Crippen LogP contribution is 2.11. The molecule has 0 aliphatic rings. The Kier molecular flexibility index (Phi) is 4.68. The van der Waals surface area contributed by atoms with Gasteiger partial charge >= 0.3 is 11.9 Å². The predicted molar refractivity (Wildman–Crippen MR) is 43.9 cm³/mol. The van der Waals surface area contributed by atoms with Crippen molar-refractivity contribution in [3.05, 3.63) is 0 Å². The fraction of sp³-hybridized carbons (Fsp3) is 0.667. The van der Waals surface area contributed by atoms with Crippen LogP contribution in [0.2, 0.25) is 0 Å². The van der Waals surface area contributed by atoms with Crippen LogP contribution in [0.4, 0.5) is 0 Å². The van der Waals surface area contributed by atoms with Crippen LogP contribution in [0, 0.1) is 0 Å². The van der Waals surface area contributed by atoms with Gasteiger partial charge in [0.15, 0.2) is 6.04 Å². The van der Waals surface area contributed by atoms with Crippen LogP contribution in [0.5, 0.6) is 0 Å². The van der Waals surface area contributed by atoms with Crippen LogP contribution in [-0.2, 0) is 9.59 Å². The van der Waals surface area contributed by atoms with Crippen LogP contribution in [-0.4, -0.2) is 39.7 Å². The number of carboxylic acid groups (broad SMARTS) is 2. The first kappa shape index (κ1) is 11.2. The minimum Gasteiger partial charge on any atom is -0.480 e. The van der Waals surface area contributed by atoms with E-state index < -0.39 is 23.2 Å². The lowest BCUT2D eigenvalue weighted by molar-refractivity contribution is -0.408. The molecule has 0 amide bonds. The Hall–Kier alpha value is -0.750. The van der Waals surface area contributed by atoms with E-state index in [4.69, 9.17) is 10.2 Å². The molecule has 0 bridgehead atoms. The van der Waals surface area contributed by atoms with Gasteiger partial charge in [-0.2, -0.15) is 0 Å². The van der Waals surface area contributed by atoms with Crippen molar-refractivity contribution in [3.8, 4) is 0 Å². The highest BCUT2D eigenvalue weighted by Gasteiger charge is 2.25. The molecule has 0 aromatic carbocycles. The first-order chi connectivity index (χ1) is 5.49. The quantitative estimate of drug-likeness (QED) is 0.515. The summed E-state index contributed by atoms with van der Waals surface area (Å²) in [5.74, 6) is -2.05. The number of hydrogen-bond acceptors (Lipinski definition) is 3. The molecule has 0 fully saturated rings. The number of hydrogen-bond donors (Lipinski definition) is 3. The summed E-state index contributed by atoms with van der Waals surface area (Å²) in [5, 5.41) is 16.3. The van der Waals surface area contributed by atoms with E-state index in [1.54, 1.807) is 6.26 Å². The van der Waals surface area contributed by atoms with Gasteiger partial charge in [0.25, 0.3) is 0 Å². The zero-order valence-electron chi connectivity index (χ0n) is 6.69. The molecule has 2 atom stereocenters. The van der Waals surface area contributed by atoms with Crippen LogP contribution in [0.3, 0.4) is 0 Å². The molecule has 0 aromatic heterocycles. The molecule has 0 saturated carbocycles. The lowest BCUT2D eigenvalue weighted by Gasteiger charge is -2.09. The van der Waals surface area contributed by atoms with E-state index in [-0.39, 0.29) is 6.42 Å². The smallest absolute Gasteiger partial charge is 0.362 e. The Labute approximate surface area is 73.9 Å². The van der Waals surface area contributed by atoms with Crippen LogP contribution in [0.25, 0.3) is 0 Å². The lowest BCUT2D eigenvalue weighted by atomic mass is 10.2. The first-order valence-corrected chi connectivity index (χ1v) is 4.59. The molecule has 5 nitrogen and oxygen atoms in total. The van der Waals surface area contributed by atoms with E-state index in [1.807, 2.05) is 0 Å². The third-order valence-corrected chi connectivity index (χ3v) is 2.37. The van der Waals surface area contributed by atoms with Crippen LogP contribution >= 0.6 is 11.8 Å². The van der Waals surface area contributed by atoms with E-state index in [1.165, 1.54) is 0 Å². The van der Waals surface area contributed by atoms with Gasteiger partial charge in [0.05, 0.1) is 0 Å². The van der Waals surface area contributed by atoms with Crippen molar-refractivity contribution >= 4 is 23.7 Å². The highest BCUT2D eigenvalue weighted by atomic mass is 32.2. The van der Waals surface area contributed by atoms with Crippen molar-refractivity contribution in [2.24, 2.45) is 0 Å². The van der Waals surface area contributed by atoms with E-state index >= 15 is 0 Å². The highest BCUT2D eigenvalue weighted by molar-refractivity contribution is 7.99. The predicted octanol–water partition coefficient (Wildman–Crippen LogP) is -1.11. The molecule has 0 saturated heterocycles. The second-order valence-corrected chi connectivity index (χ2v) is 3.37. The molecule has 0 spiro atoms. The monoisotopic (exact) mass is 194 g/mol. The summed E-state index contributed by atoms with van der Waals surface area (Å²) < 4.78 is 0. The normalized spacial score (nSPS) is 15.2. The van der Waals surface area contributed by atoms with Gasteiger partial charge in [-0.3, -0.25) is 4.79 Å². The van der Waals surface area contributed by atoms with Crippen molar-refractivity contribution in [1.82, 2.24) is 0 Å². The van der Waals surface area contributed by atoms with Gasteiger partial charge in [0.1, 0.15) is 5.25 Å². The summed E-state index contributed by atoms with van der Waals surface area (Å²) >= 11 is 1.12. The number of carboxylic acids is 2. The third kappa shape index (κ3) is 3.59. The van der Waals surface area contributed by atoms with Crippen molar-refractivity contribution in [2.45, 2.75) is 17.7 Å². The average molecular weight is 194 g/mol. The maximum atomic E-state index is 10.4. The number of aliphatic carboxylic acids is 2. The Balaban J connectivity index is 4.02. The summed E-state index contributed by atoms with van der Waals surface area (Å²) in [6.45, 7) is 0. The van der Waals surface area contributed by atoms with Gasteiger partial charge < -0.3 is 15.9 Å². The molecular weight excluding hydrogens is 182 g/mol. The minimum absolute atomic E-state index is 0.0613. The number of quaternary nitrogens is 1. The molecule has 5 N–H and O–H groups in total. The summed E-state index contributed by atoms with van der Waals surface area (Å²) in [4.78, 5) is 20.8. The Morgan fingerprint density at radius 1 is 1.42 bits per heavy atom. The fourth-order valence-corrected chi connectivity index (χ4v) is 1.28. The standard InChI is InChI=1S/C6H11NO4S/c1-12-4(6(10)11)2-3(7)5(8)9/h3-4H,2,7H2,1H3,(H,8,9)(H,10,11)/p+1/t3-,4?/m1/s1. The summed E-state index contributed by atoms with van der Waals surface area (Å²) in [5.41, 5.74) is 3.33. The molecule has 0 aromatic rings. The maximum Gasteiger partial charge on any atom is 0.362 e. The number of carbonyl (C=O) groups is 2. The van der Waals surface area contributed by atoms with E-state index in [0.29, 0.717) is 0 Å². The molecular formula is C6H12NO4S+. The van der Waals surface area contributed by atoms with Gasteiger partial charge in [0.2, 0.25) is 0 Å². The first-order valence-electron chi connectivity index (χ1n) is 3.30. The molecule has 12 heavy (non-hydrogen) atoms. The van der Waals surface area contributed by atoms with E-state index in [0.717, 1.165) is 11.8 Å². The molecule has 1 unspecified atom stereocenters. The minimum atomic E-state index is -1.06. The SMILES string of the molecule is CSC(C[C@@H]([NH3+])C(=O)O)C(=O)O. The third-order valence-electron chi connectivity index (χ3n) is 1.41. The van der Waals surface area contributed by atoms with Gasteiger partial charge in [-0.25, -0.2) is 4.79 Å². The molecule has 0 radical (unpaired) electrons. The summed E-state index contributed by atoms with van der Waals surface area (Å²) in [6, 6.07) is -0.849. The largest absolute Gasteiger partial charge is 0.480 e. The van der Waals surface area contributed by atoms with Gasteiger partial charge in [0, 0.05) is 6.42 Å². The second-order valence-electron chi connectivity index (χ2n) is 2.33. The maximum absolute atomic E-state index is 10.4. The summed E-state index contributed by atoms with van der Waals surface area (Å²) in [7, 11) is 0. The Morgan fingerprint density at radius 2 is 1.92 bits per heavy atom. The van der Waals surface area contributed by atoms with Crippen LogP contribution in [0.1, 0.15) is 6.42 Å². The zero-order chi connectivity index (χ0) is 9.72. The van der Waals surface area contributed by atoms with Gasteiger partial charge in [-0.05, 0) is 6.26 Å². The van der Waals surface area contributed by atoms with Crippen LogP contribution < -0.4 is 5.73 Å². The number of thioether (sulfide) groups is 1. The van der Waals surface area contributed by atoms with Gasteiger partial charge in [-0.1, -0.05) is 0 Å². The van der Waals surface area contributed by atoms with Crippen molar-refractivity contribution in [3.63, 3.8) is 0 Å². The van der Waals surface area contributed by atoms with Crippen LogP contribution in [0.15, 0.2) is 0 Å². The van der Waals surface area contributed by atoms with Gasteiger partial charge in [-0.15, -0.1) is 11.8 Å². The lowest BCUT2D eigenvalue weighted by Crippen LogP contribution is -2.66. The molecule has 0 rings (SSSR count). The van der Waals surface area contributed by atoms with Crippen molar-refractivity contribution in [2.75, 3.05) is 6.26 Å². The summed E-state index contributed by atoms with van der Waals surface area (Å²) in [6.07, 6.45) is 1.69. The molecule has 0 aliphatic heterocycles. The molecule has 70 valence electrons.